The zero-order valence-corrected chi connectivity index (χ0v) is 13.0. The minimum atomic E-state index is -0.102. The summed E-state index contributed by atoms with van der Waals surface area (Å²) in [5, 5.41) is 3.22. The molecule has 2 unspecified atom stereocenters. The Hall–Kier alpha value is -1.13. The van der Waals surface area contributed by atoms with Gasteiger partial charge in [0.2, 0.25) is 0 Å². The van der Waals surface area contributed by atoms with Crippen molar-refractivity contribution in [1.29, 1.82) is 0 Å². The molecule has 1 fully saturated rings. The molecule has 0 aromatic heterocycles. The third kappa shape index (κ3) is 3.13. The van der Waals surface area contributed by atoms with E-state index in [-0.39, 0.29) is 11.9 Å². The topological polar surface area (TPSA) is 18.5 Å². The third-order valence-corrected chi connectivity index (χ3v) is 4.16. The van der Waals surface area contributed by atoms with Crippen molar-refractivity contribution in [1.82, 2.24) is 10.2 Å². The molecule has 1 aliphatic heterocycles. The third-order valence-electron chi connectivity index (χ3n) is 4.16. The Morgan fingerprint density at radius 2 is 2.20 bits per heavy atom. The zero-order valence-electron chi connectivity index (χ0n) is 13.0. The van der Waals surface area contributed by atoms with Crippen LogP contribution in [-0.2, 0) is 0 Å². The first-order valence-electron chi connectivity index (χ1n) is 7.41. The molecule has 1 aromatic rings. The molecule has 1 aromatic carbocycles. The molecule has 0 aliphatic carbocycles. The zero-order chi connectivity index (χ0) is 14.7. The van der Waals surface area contributed by atoms with Crippen molar-refractivity contribution in [2.75, 3.05) is 39.1 Å². The first-order chi connectivity index (χ1) is 9.54. The highest BCUT2D eigenvalue weighted by atomic mass is 19.1. The van der Waals surface area contributed by atoms with E-state index < -0.39 is 0 Å². The van der Waals surface area contributed by atoms with Crippen LogP contribution in [0.1, 0.15) is 31.4 Å². The summed E-state index contributed by atoms with van der Waals surface area (Å²) in [6.45, 7) is 4.00. The summed E-state index contributed by atoms with van der Waals surface area (Å²) < 4.78 is 14.4. The van der Waals surface area contributed by atoms with Gasteiger partial charge >= 0.3 is 0 Å². The van der Waals surface area contributed by atoms with Crippen LogP contribution in [0.5, 0.6) is 0 Å². The standard InChI is InChI=1S/C16H26FN3/c1-12(18-2)14-8-5-9-15(17)16(14)20-10-6-7-13(20)11-19(3)4/h5,8-9,12-13,18H,6-7,10-11H2,1-4H3. The molecule has 1 saturated heterocycles. The number of likely N-dealkylation sites (N-methyl/N-ethyl adjacent to an activating group) is 1. The van der Waals surface area contributed by atoms with Crippen LogP contribution in [0.15, 0.2) is 18.2 Å². The summed E-state index contributed by atoms with van der Waals surface area (Å²) in [5.74, 6) is -0.102. The van der Waals surface area contributed by atoms with Gasteiger partial charge in [0.1, 0.15) is 5.82 Å². The molecule has 0 bridgehead atoms. The predicted molar refractivity (Wildman–Crippen MR) is 82.8 cm³/mol. The molecule has 0 radical (unpaired) electrons. The number of nitrogens with one attached hydrogen (secondary N) is 1. The van der Waals surface area contributed by atoms with Gasteiger partial charge in [0.05, 0.1) is 5.69 Å². The number of anilines is 1. The lowest BCUT2D eigenvalue weighted by molar-refractivity contribution is 0.370. The quantitative estimate of drug-likeness (QED) is 0.894. The molecule has 3 nitrogen and oxygen atoms in total. The molecule has 20 heavy (non-hydrogen) atoms. The molecular weight excluding hydrogens is 253 g/mol. The second-order valence-corrected chi connectivity index (χ2v) is 5.94. The van der Waals surface area contributed by atoms with Crippen LogP contribution in [0.3, 0.4) is 0 Å². The molecule has 2 atom stereocenters. The number of halogens is 1. The van der Waals surface area contributed by atoms with Gasteiger partial charge in [-0.1, -0.05) is 12.1 Å². The van der Waals surface area contributed by atoms with E-state index in [0.29, 0.717) is 6.04 Å². The van der Waals surface area contributed by atoms with Gasteiger partial charge in [-0.2, -0.15) is 0 Å². The fourth-order valence-corrected chi connectivity index (χ4v) is 3.08. The molecule has 1 N–H and O–H groups in total. The summed E-state index contributed by atoms with van der Waals surface area (Å²) in [5.41, 5.74) is 1.84. The molecule has 1 aliphatic rings. The van der Waals surface area contributed by atoms with Gasteiger partial charge in [-0.25, -0.2) is 4.39 Å². The number of rotatable bonds is 5. The Kier molecular flexibility index (Phi) is 5.00. The fourth-order valence-electron chi connectivity index (χ4n) is 3.08. The van der Waals surface area contributed by atoms with E-state index in [1.807, 2.05) is 13.1 Å². The van der Waals surface area contributed by atoms with Crippen molar-refractivity contribution in [2.24, 2.45) is 0 Å². The van der Waals surface area contributed by atoms with Crippen LogP contribution in [0.25, 0.3) is 0 Å². The highest BCUT2D eigenvalue weighted by Crippen LogP contribution is 2.34. The van der Waals surface area contributed by atoms with Crippen LogP contribution >= 0.6 is 0 Å². The highest BCUT2D eigenvalue weighted by molar-refractivity contribution is 5.57. The number of nitrogens with zero attached hydrogens (tertiary/aromatic N) is 2. The second-order valence-electron chi connectivity index (χ2n) is 5.94. The smallest absolute Gasteiger partial charge is 0.146 e. The Morgan fingerprint density at radius 3 is 2.85 bits per heavy atom. The first-order valence-corrected chi connectivity index (χ1v) is 7.41. The maximum Gasteiger partial charge on any atom is 0.146 e. The SMILES string of the molecule is CNC(C)c1cccc(F)c1N1CCCC1CN(C)C. The number of hydrogen-bond acceptors (Lipinski definition) is 3. The average molecular weight is 279 g/mol. The van der Waals surface area contributed by atoms with Crippen molar-refractivity contribution in [2.45, 2.75) is 31.8 Å². The van der Waals surface area contributed by atoms with E-state index in [1.165, 1.54) is 0 Å². The van der Waals surface area contributed by atoms with Gasteiger partial charge in [0.25, 0.3) is 0 Å². The van der Waals surface area contributed by atoms with E-state index in [1.54, 1.807) is 12.1 Å². The average Bonchev–Trinajstić information content (AvgIpc) is 2.84. The van der Waals surface area contributed by atoms with E-state index in [2.05, 4.69) is 36.1 Å². The normalized spacial score (nSPS) is 20.7. The highest BCUT2D eigenvalue weighted by Gasteiger charge is 2.29. The molecule has 112 valence electrons. The summed E-state index contributed by atoms with van der Waals surface area (Å²) in [4.78, 5) is 4.45. The lowest BCUT2D eigenvalue weighted by Gasteiger charge is -2.32. The predicted octanol–water partition coefficient (Wildman–Crippen LogP) is 2.64. The molecule has 4 heteroatoms. The summed E-state index contributed by atoms with van der Waals surface area (Å²) in [6.07, 6.45) is 2.28. The van der Waals surface area contributed by atoms with Gasteiger partial charge in [0, 0.05) is 25.2 Å². The van der Waals surface area contributed by atoms with Crippen molar-refractivity contribution >= 4 is 5.69 Å². The summed E-state index contributed by atoms with van der Waals surface area (Å²) in [7, 11) is 6.07. The van der Waals surface area contributed by atoms with Crippen molar-refractivity contribution in [3.05, 3.63) is 29.6 Å². The van der Waals surface area contributed by atoms with Gasteiger partial charge in [-0.05, 0) is 52.5 Å². The van der Waals surface area contributed by atoms with E-state index in [0.717, 1.165) is 37.2 Å². The number of para-hydroxylation sites is 1. The van der Waals surface area contributed by atoms with Crippen LogP contribution < -0.4 is 10.2 Å². The largest absolute Gasteiger partial charge is 0.365 e. The van der Waals surface area contributed by atoms with E-state index in [9.17, 15) is 4.39 Å². The first kappa shape index (κ1) is 15.3. The Morgan fingerprint density at radius 1 is 1.45 bits per heavy atom. The minimum absolute atomic E-state index is 0.102. The molecular formula is C16H26FN3. The van der Waals surface area contributed by atoms with Gasteiger partial charge in [0.15, 0.2) is 0 Å². The van der Waals surface area contributed by atoms with Crippen molar-refractivity contribution in [3.63, 3.8) is 0 Å². The lowest BCUT2D eigenvalue weighted by atomic mass is 10.0. The molecule has 1 heterocycles. The van der Waals surface area contributed by atoms with Crippen LogP contribution in [0, 0.1) is 5.82 Å². The van der Waals surface area contributed by atoms with E-state index in [4.69, 9.17) is 0 Å². The lowest BCUT2D eigenvalue weighted by Crippen LogP contribution is -2.39. The Balaban J connectivity index is 2.35. The number of benzene rings is 1. The summed E-state index contributed by atoms with van der Waals surface area (Å²) in [6, 6.07) is 5.97. The molecule has 0 spiro atoms. The molecule has 0 saturated carbocycles. The fraction of sp³-hybridized carbons (Fsp3) is 0.625. The second kappa shape index (κ2) is 6.55. The monoisotopic (exact) mass is 279 g/mol. The van der Waals surface area contributed by atoms with Crippen molar-refractivity contribution in [3.8, 4) is 0 Å². The maximum atomic E-state index is 14.4. The van der Waals surface area contributed by atoms with Crippen LogP contribution in [0.2, 0.25) is 0 Å². The van der Waals surface area contributed by atoms with Crippen molar-refractivity contribution < 1.29 is 4.39 Å². The van der Waals surface area contributed by atoms with Gasteiger partial charge < -0.3 is 15.1 Å². The Labute approximate surface area is 121 Å². The molecule has 2 rings (SSSR count). The maximum absolute atomic E-state index is 14.4. The summed E-state index contributed by atoms with van der Waals surface area (Å²) >= 11 is 0. The molecule has 0 amide bonds. The van der Waals surface area contributed by atoms with Crippen LogP contribution in [-0.4, -0.2) is 45.2 Å². The Bertz CT molecular complexity index is 447. The van der Waals surface area contributed by atoms with E-state index >= 15 is 0 Å². The number of hydrogen-bond donors (Lipinski definition) is 1. The van der Waals surface area contributed by atoms with Gasteiger partial charge in [-0.3, -0.25) is 0 Å². The minimum Gasteiger partial charge on any atom is -0.365 e. The van der Waals surface area contributed by atoms with Crippen LogP contribution in [0.4, 0.5) is 10.1 Å². The van der Waals surface area contributed by atoms with Gasteiger partial charge in [-0.15, -0.1) is 0 Å².